The fourth-order valence-electron chi connectivity index (χ4n) is 1.86. The molecule has 0 atom stereocenters. The molecular weight excluding hydrogens is 278 g/mol. The van der Waals surface area contributed by atoms with Gasteiger partial charge in [0.15, 0.2) is 11.6 Å². The average molecular weight is 286 g/mol. The number of ether oxygens (including phenoxy) is 1. The van der Waals surface area contributed by atoms with Crippen LogP contribution in [0.5, 0.6) is 5.88 Å². The van der Waals surface area contributed by atoms with Crippen molar-refractivity contribution in [1.82, 2.24) is 4.98 Å². The second-order valence-corrected chi connectivity index (χ2v) is 3.96. The summed E-state index contributed by atoms with van der Waals surface area (Å²) in [6.45, 7) is 7.20. The predicted octanol–water partition coefficient (Wildman–Crippen LogP) is 3.04. The zero-order valence-corrected chi connectivity index (χ0v) is 10.8. The van der Waals surface area contributed by atoms with E-state index in [2.05, 4.69) is 9.83 Å². The summed E-state index contributed by atoms with van der Waals surface area (Å²) in [5, 5.41) is 9.19. The molecule has 0 amide bonds. The van der Waals surface area contributed by atoms with Crippen LogP contribution in [-0.2, 0) is 0 Å². The lowest BCUT2D eigenvalue weighted by atomic mass is 9.99. The van der Waals surface area contributed by atoms with Gasteiger partial charge in [-0.05, 0) is 17.7 Å². The number of nitriles is 1. The van der Waals surface area contributed by atoms with E-state index in [0.29, 0.717) is 0 Å². The van der Waals surface area contributed by atoms with E-state index < -0.39 is 11.6 Å². The van der Waals surface area contributed by atoms with Crippen LogP contribution < -0.4 is 10.5 Å². The molecule has 2 aromatic rings. The van der Waals surface area contributed by atoms with Crippen LogP contribution in [0, 0.1) is 29.5 Å². The molecular formula is C14H8F2N4O. The van der Waals surface area contributed by atoms with E-state index in [1.807, 2.05) is 6.07 Å². The third-order valence-electron chi connectivity index (χ3n) is 2.79. The summed E-state index contributed by atoms with van der Waals surface area (Å²) in [6, 6.07) is 4.87. The molecule has 0 aliphatic carbocycles. The maximum Gasteiger partial charge on any atom is 0.256 e. The number of nitrogen functional groups attached to an aromatic ring is 1. The Kier molecular flexibility index (Phi) is 3.68. The Morgan fingerprint density at radius 1 is 1.38 bits per heavy atom. The number of pyridine rings is 1. The lowest BCUT2D eigenvalue weighted by Gasteiger charge is -2.12. The highest BCUT2D eigenvalue weighted by Crippen LogP contribution is 2.41. The van der Waals surface area contributed by atoms with Crippen molar-refractivity contribution < 1.29 is 13.5 Å². The zero-order valence-electron chi connectivity index (χ0n) is 10.8. The Hall–Kier alpha value is -3.19. The minimum atomic E-state index is -1.10. The molecule has 0 unspecified atom stereocenters. The first-order chi connectivity index (χ1) is 10.0. The van der Waals surface area contributed by atoms with Crippen LogP contribution in [0.1, 0.15) is 5.56 Å². The van der Waals surface area contributed by atoms with Gasteiger partial charge in [0.05, 0.1) is 19.2 Å². The normalized spacial score (nSPS) is 9.76. The van der Waals surface area contributed by atoms with Crippen LogP contribution in [0.4, 0.5) is 20.3 Å². The first kappa shape index (κ1) is 14.2. The molecule has 1 aromatic carbocycles. The van der Waals surface area contributed by atoms with Gasteiger partial charge in [-0.2, -0.15) is 5.26 Å². The van der Waals surface area contributed by atoms with Gasteiger partial charge in [-0.1, -0.05) is 6.07 Å². The Morgan fingerprint density at radius 2 is 2.10 bits per heavy atom. The zero-order chi connectivity index (χ0) is 15.6. The van der Waals surface area contributed by atoms with Crippen molar-refractivity contribution in [3.8, 4) is 23.1 Å². The maximum absolute atomic E-state index is 13.4. The van der Waals surface area contributed by atoms with Gasteiger partial charge in [-0.25, -0.2) is 18.6 Å². The van der Waals surface area contributed by atoms with Gasteiger partial charge in [-0.15, -0.1) is 0 Å². The molecule has 2 rings (SSSR count). The lowest BCUT2D eigenvalue weighted by molar-refractivity contribution is 0.401. The summed E-state index contributed by atoms with van der Waals surface area (Å²) >= 11 is 0. The van der Waals surface area contributed by atoms with Crippen molar-refractivity contribution in [2.45, 2.75) is 0 Å². The van der Waals surface area contributed by atoms with Gasteiger partial charge < -0.3 is 10.5 Å². The number of nitrogens with two attached hydrogens (primary N) is 1. The van der Waals surface area contributed by atoms with Crippen molar-refractivity contribution in [2.24, 2.45) is 0 Å². The highest BCUT2D eigenvalue weighted by molar-refractivity contribution is 5.89. The topological polar surface area (TPSA) is 76.3 Å². The molecule has 104 valence electrons. The molecule has 0 bridgehead atoms. The van der Waals surface area contributed by atoms with Gasteiger partial charge in [-0.3, -0.25) is 0 Å². The smallest absolute Gasteiger partial charge is 0.256 e. The van der Waals surface area contributed by atoms with Gasteiger partial charge in [0.1, 0.15) is 11.9 Å². The first-order valence-corrected chi connectivity index (χ1v) is 5.64. The fraction of sp³-hybridized carbons (Fsp3) is 0.0714. The number of nitrogens with zero attached hydrogens (tertiary/aromatic N) is 3. The molecule has 0 spiro atoms. The minimum absolute atomic E-state index is 0.0655. The molecule has 0 aliphatic rings. The average Bonchev–Trinajstić information content (AvgIpc) is 2.48. The van der Waals surface area contributed by atoms with Crippen molar-refractivity contribution in [1.29, 1.82) is 5.26 Å². The number of methoxy groups -OCH3 is 1. The first-order valence-electron chi connectivity index (χ1n) is 5.64. The third-order valence-corrected chi connectivity index (χ3v) is 2.79. The van der Waals surface area contributed by atoms with E-state index in [4.69, 9.17) is 17.0 Å². The molecule has 1 aromatic heterocycles. The lowest BCUT2D eigenvalue weighted by Crippen LogP contribution is -2.01. The number of hydrogen-bond donors (Lipinski definition) is 1. The Bertz CT molecular complexity index is 806. The molecule has 0 aliphatic heterocycles. The van der Waals surface area contributed by atoms with E-state index in [1.54, 1.807) is 0 Å². The minimum Gasteiger partial charge on any atom is -0.490 e. The Morgan fingerprint density at radius 3 is 2.62 bits per heavy atom. The number of hydrogen-bond acceptors (Lipinski definition) is 4. The van der Waals surface area contributed by atoms with E-state index in [-0.39, 0.29) is 34.1 Å². The largest absolute Gasteiger partial charge is 0.490 e. The Labute approximate surface area is 119 Å². The van der Waals surface area contributed by atoms with Gasteiger partial charge >= 0.3 is 0 Å². The number of halogens is 2. The molecule has 0 radical (unpaired) electrons. The monoisotopic (exact) mass is 286 g/mol. The summed E-state index contributed by atoms with van der Waals surface area (Å²) in [4.78, 5) is 7.07. The van der Waals surface area contributed by atoms with Gasteiger partial charge in [0, 0.05) is 5.56 Å². The second kappa shape index (κ2) is 5.43. The van der Waals surface area contributed by atoms with Crippen molar-refractivity contribution in [3.05, 3.63) is 46.8 Å². The van der Waals surface area contributed by atoms with E-state index in [1.165, 1.54) is 13.2 Å². The summed E-state index contributed by atoms with van der Waals surface area (Å²) in [5.41, 5.74) is 5.68. The molecule has 0 saturated heterocycles. The van der Waals surface area contributed by atoms with E-state index in [0.717, 1.165) is 12.1 Å². The van der Waals surface area contributed by atoms with Gasteiger partial charge in [0.2, 0.25) is 5.88 Å². The van der Waals surface area contributed by atoms with Crippen LogP contribution in [0.25, 0.3) is 16.0 Å². The molecule has 0 fully saturated rings. The molecule has 21 heavy (non-hydrogen) atoms. The number of benzene rings is 1. The summed E-state index contributed by atoms with van der Waals surface area (Å²) < 4.78 is 31.4. The summed E-state index contributed by atoms with van der Waals surface area (Å²) in [7, 11) is 1.29. The van der Waals surface area contributed by atoms with Crippen LogP contribution >= 0.6 is 0 Å². The second-order valence-electron chi connectivity index (χ2n) is 3.96. The number of anilines is 1. The van der Waals surface area contributed by atoms with Crippen LogP contribution in [-0.4, -0.2) is 12.1 Å². The molecule has 1 heterocycles. The molecule has 2 N–H and O–H groups in total. The fourth-order valence-corrected chi connectivity index (χ4v) is 1.86. The molecule has 5 nitrogen and oxygen atoms in total. The third kappa shape index (κ3) is 2.33. The van der Waals surface area contributed by atoms with Crippen LogP contribution in [0.3, 0.4) is 0 Å². The predicted molar refractivity (Wildman–Crippen MR) is 71.5 cm³/mol. The maximum atomic E-state index is 13.4. The van der Waals surface area contributed by atoms with E-state index in [9.17, 15) is 14.0 Å². The molecule has 7 heteroatoms. The molecule has 0 saturated carbocycles. The standard InChI is InChI=1S/C14H8F2N4O/c1-19-12-11(7-3-4-9(15)10(16)5-7)8(6-17)13(18)20-14(12)21-2/h3-5H,2H3,(H2,18,20). The highest BCUT2D eigenvalue weighted by Gasteiger charge is 2.21. The van der Waals surface area contributed by atoms with Crippen molar-refractivity contribution in [2.75, 3.05) is 12.8 Å². The van der Waals surface area contributed by atoms with Crippen molar-refractivity contribution >= 4 is 11.5 Å². The number of aromatic nitrogens is 1. The Balaban J connectivity index is 2.89. The quantitative estimate of drug-likeness (QED) is 0.861. The number of rotatable bonds is 2. The van der Waals surface area contributed by atoms with Crippen molar-refractivity contribution in [3.63, 3.8) is 0 Å². The van der Waals surface area contributed by atoms with Crippen LogP contribution in [0.15, 0.2) is 18.2 Å². The highest BCUT2D eigenvalue weighted by atomic mass is 19.2. The summed E-state index contributed by atoms with van der Waals surface area (Å²) in [5.74, 6) is -2.36. The summed E-state index contributed by atoms with van der Waals surface area (Å²) in [6.07, 6.45) is 0. The van der Waals surface area contributed by atoms with Crippen LogP contribution in [0.2, 0.25) is 0 Å². The SMILES string of the molecule is [C-]#[N+]c1c(OC)nc(N)c(C#N)c1-c1ccc(F)c(F)c1. The van der Waals surface area contributed by atoms with Gasteiger partial charge in [0.25, 0.3) is 5.69 Å². The van der Waals surface area contributed by atoms with E-state index >= 15 is 0 Å².